The number of nitrogens with zero attached hydrogens (tertiary/aromatic N) is 1. The average molecular weight is 187 g/mol. The Labute approximate surface area is 77.8 Å². The van der Waals surface area contributed by atoms with Crippen LogP contribution in [0.4, 0.5) is 4.79 Å². The number of amides is 2. The molecule has 0 spiro atoms. The van der Waals surface area contributed by atoms with E-state index in [9.17, 15) is 9.59 Å². The molecule has 2 amide bonds. The molecule has 0 heterocycles. The van der Waals surface area contributed by atoms with Crippen LogP contribution in [0.25, 0.3) is 0 Å². The molecular weight excluding hydrogens is 172 g/mol. The molecule has 13 heavy (non-hydrogen) atoms. The summed E-state index contributed by atoms with van der Waals surface area (Å²) >= 11 is 0. The molecule has 0 fully saturated rings. The van der Waals surface area contributed by atoms with Gasteiger partial charge in [-0.05, 0) is 6.42 Å². The van der Waals surface area contributed by atoms with Gasteiger partial charge in [-0.25, -0.2) is 4.79 Å². The van der Waals surface area contributed by atoms with Crippen LogP contribution in [0.5, 0.6) is 0 Å². The first kappa shape index (κ1) is 11.7. The van der Waals surface area contributed by atoms with Gasteiger partial charge < -0.3 is 9.64 Å². The number of nitrogens with one attached hydrogen (secondary N) is 1. The maximum atomic E-state index is 11.0. The lowest BCUT2D eigenvalue weighted by molar-refractivity contribution is -0.118. The molecule has 0 atom stereocenters. The van der Waals surface area contributed by atoms with Gasteiger partial charge >= 0.3 is 6.09 Å². The van der Waals surface area contributed by atoms with Crippen LogP contribution in [0, 0.1) is 0 Å². The molecule has 0 rings (SSSR count). The molecule has 0 saturated heterocycles. The van der Waals surface area contributed by atoms with E-state index in [4.69, 9.17) is 10.5 Å². The highest BCUT2D eigenvalue weighted by Crippen LogP contribution is 1.93. The lowest BCUT2D eigenvalue weighted by Crippen LogP contribution is -2.30. The molecule has 0 saturated carbocycles. The van der Waals surface area contributed by atoms with Crippen LogP contribution in [0.1, 0.15) is 19.8 Å². The third-order valence-electron chi connectivity index (χ3n) is 1.42. The van der Waals surface area contributed by atoms with E-state index in [-0.39, 0.29) is 13.0 Å². The van der Waals surface area contributed by atoms with Crippen LogP contribution < -0.4 is 5.73 Å². The molecule has 0 unspecified atom stereocenters. The summed E-state index contributed by atoms with van der Waals surface area (Å²) < 4.78 is 4.80. The zero-order valence-corrected chi connectivity index (χ0v) is 8.00. The standard InChI is InChI=1S/C8H15N2O3/c1-3-6-13-8(12)10(2)5-4-7(9)11/h9H,3-6H2,1-2H3. The molecule has 1 radical (unpaired) electrons. The Bertz CT molecular complexity index is 182. The maximum Gasteiger partial charge on any atom is 0.409 e. The second-order valence-corrected chi connectivity index (χ2v) is 2.71. The third-order valence-corrected chi connectivity index (χ3v) is 1.42. The fourth-order valence-electron chi connectivity index (χ4n) is 0.660. The SMILES string of the molecule is CCCOC(=O)N(C)CCC([NH])=O. The normalized spacial score (nSPS) is 9.38. The highest BCUT2D eigenvalue weighted by molar-refractivity contribution is 5.74. The quantitative estimate of drug-likeness (QED) is 0.635. The van der Waals surface area contributed by atoms with Gasteiger partial charge in [0.1, 0.15) is 0 Å². The molecular formula is C8H15N2O3. The Morgan fingerprint density at radius 3 is 2.54 bits per heavy atom. The van der Waals surface area contributed by atoms with Crippen LogP contribution in [0.15, 0.2) is 0 Å². The van der Waals surface area contributed by atoms with Crippen LogP contribution >= 0.6 is 0 Å². The molecule has 0 aliphatic rings. The molecule has 5 heteroatoms. The zero-order chi connectivity index (χ0) is 10.3. The van der Waals surface area contributed by atoms with E-state index in [0.717, 1.165) is 6.42 Å². The molecule has 5 nitrogen and oxygen atoms in total. The Kier molecular flexibility index (Phi) is 5.67. The van der Waals surface area contributed by atoms with E-state index < -0.39 is 12.0 Å². The minimum atomic E-state index is -0.671. The second kappa shape index (κ2) is 6.28. The number of ether oxygens (including phenoxy) is 1. The average Bonchev–Trinajstić information content (AvgIpc) is 2.10. The van der Waals surface area contributed by atoms with Crippen LogP contribution in [0.3, 0.4) is 0 Å². The molecule has 0 aromatic rings. The minimum Gasteiger partial charge on any atom is -0.449 e. The first-order valence-corrected chi connectivity index (χ1v) is 4.20. The highest BCUT2D eigenvalue weighted by Gasteiger charge is 2.09. The smallest absolute Gasteiger partial charge is 0.409 e. The van der Waals surface area contributed by atoms with Crippen molar-refractivity contribution >= 4 is 12.0 Å². The Morgan fingerprint density at radius 2 is 2.08 bits per heavy atom. The summed E-state index contributed by atoms with van der Waals surface area (Å²) in [5, 5.41) is 0. The molecule has 1 N–H and O–H groups in total. The predicted molar refractivity (Wildman–Crippen MR) is 47.0 cm³/mol. The van der Waals surface area contributed by atoms with Gasteiger partial charge in [0.05, 0.1) is 6.61 Å². The lowest BCUT2D eigenvalue weighted by atomic mass is 10.4. The number of hydrogen-bond donors (Lipinski definition) is 0. The second-order valence-electron chi connectivity index (χ2n) is 2.71. The van der Waals surface area contributed by atoms with Gasteiger partial charge in [-0.15, -0.1) is 0 Å². The largest absolute Gasteiger partial charge is 0.449 e. The van der Waals surface area contributed by atoms with Crippen LogP contribution in [0.2, 0.25) is 0 Å². The van der Waals surface area contributed by atoms with E-state index >= 15 is 0 Å². The summed E-state index contributed by atoms with van der Waals surface area (Å²) in [6.07, 6.45) is 0.386. The van der Waals surface area contributed by atoms with Crippen molar-refractivity contribution in [2.45, 2.75) is 19.8 Å². The van der Waals surface area contributed by atoms with E-state index in [2.05, 4.69) is 0 Å². The van der Waals surface area contributed by atoms with E-state index in [0.29, 0.717) is 6.61 Å². The monoisotopic (exact) mass is 187 g/mol. The number of carbonyl (C=O) groups excluding carboxylic acids is 2. The topological polar surface area (TPSA) is 70.4 Å². The number of rotatable bonds is 5. The molecule has 75 valence electrons. The van der Waals surface area contributed by atoms with Gasteiger partial charge in [-0.2, -0.15) is 0 Å². The van der Waals surface area contributed by atoms with Crippen molar-refractivity contribution in [2.75, 3.05) is 20.2 Å². The van der Waals surface area contributed by atoms with Crippen molar-refractivity contribution in [3.8, 4) is 0 Å². The van der Waals surface area contributed by atoms with Crippen molar-refractivity contribution in [1.29, 1.82) is 0 Å². The van der Waals surface area contributed by atoms with Gasteiger partial charge in [-0.3, -0.25) is 10.5 Å². The summed E-state index contributed by atoms with van der Waals surface area (Å²) in [6.45, 7) is 2.53. The summed E-state index contributed by atoms with van der Waals surface area (Å²) in [5.41, 5.74) is 6.63. The Morgan fingerprint density at radius 1 is 1.46 bits per heavy atom. The Hall–Kier alpha value is -1.26. The first-order valence-electron chi connectivity index (χ1n) is 4.20. The fraction of sp³-hybridized carbons (Fsp3) is 0.750. The van der Waals surface area contributed by atoms with Gasteiger partial charge in [-0.1, -0.05) is 6.92 Å². The molecule has 0 aromatic carbocycles. The lowest BCUT2D eigenvalue weighted by Gasteiger charge is -2.15. The summed E-state index contributed by atoms with van der Waals surface area (Å²) in [4.78, 5) is 22.6. The van der Waals surface area contributed by atoms with Crippen LogP contribution in [-0.4, -0.2) is 37.1 Å². The van der Waals surface area contributed by atoms with Crippen molar-refractivity contribution in [3.05, 3.63) is 0 Å². The minimum absolute atomic E-state index is 0.0533. The Balaban J connectivity index is 3.62. The first-order chi connectivity index (χ1) is 6.07. The molecule has 0 bridgehead atoms. The van der Waals surface area contributed by atoms with Gasteiger partial charge in [0.15, 0.2) is 0 Å². The summed E-state index contributed by atoms with van der Waals surface area (Å²) in [5.74, 6) is -0.671. The number of hydrogen-bond acceptors (Lipinski definition) is 3. The van der Waals surface area contributed by atoms with E-state index in [1.807, 2.05) is 6.92 Å². The highest BCUT2D eigenvalue weighted by atomic mass is 16.6. The molecule has 0 aliphatic heterocycles. The molecule has 0 aliphatic carbocycles. The van der Waals surface area contributed by atoms with Crippen LogP contribution in [-0.2, 0) is 9.53 Å². The summed E-state index contributed by atoms with van der Waals surface area (Å²) in [6, 6.07) is 0. The van der Waals surface area contributed by atoms with Gasteiger partial charge in [0, 0.05) is 20.0 Å². The molecule has 0 aromatic heterocycles. The maximum absolute atomic E-state index is 11.0. The van der Waals surface area contributed by atoms with Crippen molar-refractivity contribution in [2.24, 2.45) is 0 Å². The number of carbonyl (C=O) groups is 2. The van der Waals surface area contributed by atoms with Gasteiger partial charge in [0.2, 0.25) is 5.91 Å². The zero-order valence-electron chi connectivity index (χ0n) is 8.00. The van der Waals surface area contributed by atoms with Crippen molar-refractivity contribution in [3.63, 3.8) is 0 Å². The van der Waals surface area contributed by atoms with E-state index in [1.54, 1.807) is 7.05 Å². The third kappa shape index (κ3) is 5.95. The fourth-order valence-corrected chi connectivity index (χ4v) is 0.660. The van der Waals surface area contributed by atoms with Gasteiger partial charge in [0.25, 0.3) is 0 Å². The predicted octanol–water partition coefficient (Wildman–Crippen LogP) is 0.664. The van der Waals surface area contributed by atoms with Crippen molar-refractivity contribution < 1.29 is 14.3 Å². The van der Waals surface area contributed by atoms with E-state index in [1.165, 1.54) is 4.90 Å². The summed E-state index contributed by atoms with van der Waals surface area (Å²) in [7, 11) is 1.54. The van der Waals surface area contributed by atoms with Crippen molar-refractivity contribution in [1.82, 2.24) is 10.6 Å².